The minimum absolute atomic E-state index is 0.0954. The summed E-state index contributed by atoms with van der Waals surface area (Å²) in [7, 11) is 0. The quantitative estimate of drug-likeness (QED) is 0.617. The van der Waals surface area contributed by atoms with E-state index in [0.717, 1.165) is 79.7 Å². The predicted octanol–water partition coefficient (Wildman–Crippen LogP) is 3.27. The summed E-state index contributed by atoms with van der Waals surface area (Å²) in [6.07, 6.45) is 3.27. The van der Waals surface area contributed by atoms with Crippen molar-refractivity contribution in [3.63, 3.8) is 0 Å². The molecule has 0 unspecified atom stereocenters. The smallest absolute Gasteiger partial charge is 0.137 e. The van der Waals surface area contributed by atoms with Crippen LogP contribution >= 0.6 is 0 Å². The molecule has 2 fully saturated rings. The van der Waals surface area contributed by atoms with Gasteiger partial charge in [-0.15, -0.1) is 0 Å². The van der Waals surface area contributed by atoms with Crippen LogP contribution in [0.4, 0.5) is 11.4 Å². The van der Waals surface area contributed by atoms with E-state index in [1.165, 1.54) is 5.69 Å². The van der Waals surface area contributed by atoms with E-state index < -0.39 is 0 Å². The van der Waals surface area contributed by atoms with Gasteiger partial charge in [0.05, 0.1) is 35.9 Å². The molecule has 0 spiro atoms. The van der Waals surface area contributed by atoms with E-state index in [2.05, 4.69) is 50.5 Å². The number of nitrogens with zero attached hydrogens (tertiary/aromatic N) is 5. The molecule has 8 nitrogen and oxygen atoms in total. The topological polar surface area (TPSA) is 95.7 Å². The molecule has 2 aromatic carbocycles. The Hall–Kier alpha value is -3.80. The van der Waals surface area contributed by atoms with Gasteiger partial charge in [-0.05, 0) is 48.9 Å². The van der Waals surface area contributed by atoms with Gasteiger partial charge in [-0.3, -0.25) is 0 Å². The van der Waals surface area contributed by atoms with Gasteiger partial charge in [-0.2, -0.15) is 5.26 Å². The van der Waals surface area contributed by atoms with Crippen molar-refractivity contribution < 1.29 is 9.47 Å². The zero-order valence-electron chi connectivity index (χ0n) is 19.4. The van der Waals surface area contributed by atoms with Crippen molar-refractivity contribution in [2.24, 2.45) is 4.99 Å². The molecule has 176 valence electrons. The summed E-state index contributed by atoms with van der Waals surface area (Å²) in [5, 5.41) is 13.0. The maximum atomic E-state index is 9.75. The number of hydrogen-bond donors (Lipinski definition) is 1. The monoisotopic (exact) mass is 466 g/mol. The Balaban J connectivity index is 1.27. The van der Waals surface area contributed by atoms with Gasteiger partial charge in [0.2, 0.25) is 0 Å². The van der Waals surface area contributed by atoms with Crippen molar-refractivity contribution >= 4 is 17.1 Å². The summed E-state index contributed by atoms with van der Waals surface area (Å²) < 4.78 is 11.5. The summed E-state index contributed by atoms with van der Waals surface area (Å²) in [5.41, 5.74) is 7.01. The van der Waals surface area contributed by atoms with Crippen LogP contribution in [-0.2, 0) is 11.2 Å². The Morgan fingerprint density at radius 3 is 2.66 bits per heavy atom. The number of ether oxygens (including phenoxy) is 2. The van der Waals surface area contributed by atoms with E-state index >= 15 is 0 Å². The number of hydrogen-bond acceptors (Lipinski definition) is 8. The molecule has 4 heterocycles. The third kappa shape index (κ3) is 4.36. The van der Waals surface area contributed by atoms with E-state index in [4.69, 9.17) is 14.5 Å². The highest BCUT2D eigenvalue weighted by Crippen LogP contribution is 2.37. The van der Waals surface area contributed by atoms with E-state index in [1.807, 2.05) is 18.2 Å². The summed E-state index contributed by atoms with van der Waals surface area (Å²) in [4.78, 5) is 16.3. The van der Waals surface area contributed by atoms with Crippen LogP contribution in [0, 0.1) is 11.3 Å². The fraction of sp³-hybridized carbons (Fsp3) is 0.333. The van der Waals surface area contributed by atoms with Gasteiger partial charge in [-0.1, -0.05) is 12.1 Å². The number of nitriles is 1. The van der Waals surface area contributed by atoms with Gasteiger partial charge >= 0.3 is 0 Å². The number of aromatic nitrogens is 2. The van der Waals surface area contributed by atoms with Gasteiger partial charge in [-0.25, -0.2) is 15.0 Å². The molecular formula is C27H26N6O2. The maximum Gasteiger partial charge on any atom is 0.137 e. The van der Waals surface area contributed by atoms with E-state index in [1.54, 1.807) is 6.33 Å². The molecule has 0 aliphatic carbocycles. The number of morpholine rings is 1. The number of nitrogens with one attached hydrogen (secondary N) is 1. The number of fused-ring (bicyclic) bond motifs is 1. The van der Waals surface area contributed by atoms with Gasteiger partial charge in [0, 0.05) is 37.3 Å². The lowest BCUT2D eigenvalue weighted by Gasteiger charge is -2.28. The minimum Gasteiger partial charge on any atom is -0.488 e. The molecule has 0 bridgehead atoms. The highest BCUT2D eigenvalue weighted by molar-refractivity contribution is 6.07. The fourth-order valence-corrected chi connectivity index (χ4v) is 4.83. The SMILES string of the molecule is N#Cc1cc(-c2ncnc3c2N=C(c2ccc(N4CCOCC4)cc2)C3)ccc1O[C@@H]1CCNC1. The fourth-order valence-electron chi connectivity index (χ4n) is 4.83. The van der Waals surface area contributed by atoms with Crippen molar-refractivity contribution in [1.29, 1.82) is 5.26 Å². The van der Waals surface area contributed by atoms with E-state index in [9.17, 15) is 5.26 Å². The molecule has 3 aliphatic rings. The molecule has 0 amide bonds. The molecule has 8 heteroatoms. The first kappa shape index (κ1) is 21.7. The molecule has 3 aliphatic heterocycles. The first-order valence-electron chi connectivity index (χ1n) is 12.0. The average molecular weight is 467 g/mol. The zero-order valence-corrected chi connectivity index (χ0v) is 19.4. The van der Waals surface area contributed by atoms with Crippen LogP contribution in [0.25, 0.3) is 11.3 Å². The molecule has 3 aromatic rings. The molecule has 35 heavy (non-hydrogen) atoms. The summed E-state index contributed by atoms with van der Waals surface area (Å²) in [6.45, 7) is 5.10. The number of anilines is 1. The second kappa shape index (κ2) is 9.45. The van der Waals surface area contributed by atoms with Crippen LogP contribution in [0.1, 0.15) is 23.2 Å². The van der Waals surface area contributed by atoms with E-state index in [-0.39, 0.29) is 6.10 Å². The molecule has 1 aromatic heterocycles. The Morgan fingerprint density at radius 2 is 1.89 bits per heavy atom. The van der Waals surface area contributed by atoms with Crippen LogP contribution in [0.15, 0.2) is 53.8 Å². The Morgan fingerprint density at radius 1 is 1.06 bits per heavy atom. The molecule has 0 radical (unpaired) electrons. The molecule has 1 atom stereocenters. The predicted molar refractivity (Wildman–Crippen MR) is 133 cm³/mol. The van der Waals surface area contributed by atoms with Gasteiger partial charge in [0.25, 0.3) is 0 Å². The van der Waals surface area contributed by atoms with Gasteiger partial charge < -0.3 is 19.7 Å². The highest BCUT2D eigenvalue weighted by atomic mass is 16.5. The number of benzene rings is 2. The van der Waals surface area contributed by atoms with Crippen molar-refractivity contribution in [3.05, 3.63) is 65.6 Å². The molecular weight excluding hydrogens is 440 g/mol. The Labute approximate surface area is 204 Å². The molecule has 2 saturated heterocycles. The second-order valence-corrected chi connectivity index (χ2v) is 8.95. The van der Waals surface area contributed by atoms with Crippen LogP contribution < -0.4 is 15.0 Å². The van der Waals surface area contributed by atoms with Crippen LogP contribution in [-0.4, -0.2) is 61.2 Å². The lowest BCUT2D eigenvalue weighted by molar-refractivity contribution is 0.122. The largest absolute Gasteiger partial charge is 0.488 e. The lowest BCUT2D eigenvalue weighted by atomic mass is 10.0. The van der Waals surface area contributed by atoms with Crippen molar-refractivity contribution in [2.45, 2.75) is 18.9 Å². The normalized spacial score (nSPS) is 19.2. The van der Waals surface area contributed by atoms with Crippen molar-refractivity contribution in [3.8, 4) is 23.1 Å². The van der Waals surface area contributed by atoms with Crippen LogP contribution in [0.5, 0.6) is 5.75 Å². The molecule has 1 N–H and O–H groups in total. The summed E-state index contributed by atoms with van der Waals surface area (Å²) in [6, 6.07) is 16.5. The summed E-state index contributed by atoms with van der Waals surface area (Å²) >= 11 is 0. The second-order valence-electron chi connectivity index (χ2n) is 8.95. The summed E-state index contributed by atoms with van der Waals surface area (Å²) in [5.74, 6) is 0.611. The first-order chi connectivity index (χ1) is 17.3. The Kier molecular flexibility index (Phi) is 5.86. The maximum absolute atomic E-state index is 9.75. The Bertz CT molecular complexity index is 1300. The standard InChI is InChI=1S/C27H26N6O2/c28-15-20-13-19(3-6-25(20)35-22-7-8-29-16-22)26-27-24(30-17-31-26)14-23(32-27)18-1-4-21(5-2-18)33-9-11-34-12-10-33/h1-6,13,17,22,29H,7-12,14,16H2/t22-/m1/s1. The number of aliphatic imine (C=N–C) groups is 1. The molecule has 6 rings (SSSR count). The van der Waals surface area contributed by atoms with Crippen LogP contribution in [0.3, 0.4) is 0 Å². The van der Waals surface area contributed by atoms with Crippen LogP contribution in [0.2, 0.25) is 0 Å². The molecule has 0 saturated carbocycles. The van der Waals surface area contributed by atoms with E-state index in [0.29, 0.717) is 17.7 Å². The van der Waals surface area contributed by atoms with Crippen molar-refractivity contribution in [1.82, 2.24) is 15.3 Å². The minimum atomic E-state index is 0.0954. The third-order valence-corrected chi connectivity index (χ3v) is 6.74. The van der Waals surface area contributed by atoms with Gasteiger partial charge in [0.1, 0.15) is 29.9 Å². The third-order valence-electron chi connectivity index (χ3n) is 6.74. The highest BCUT2D eigenvalue weighted by Gasteiger charge is 2.24. The zero-order chi connectivity index (χ0) is 23.6. The van der Waals surface area contributed by atoms with Crippen molar-refractivity contribution in [2.75, 3.05) is 44.3 Å². The number of rotatable bonds is 5. The van der Waals surface area contributed by atoms with Gasteiger partial charge in [0.15, 0.2) is 0 Å². The lowest BCUT2D eigenvalue weighted by Crippen LogP contribution is -2.36. The first-order valence-corrected chi connectivity index (χ1v) is 12.0. The average Bonchev–Trinajstić information content (AvgIpc) is 3.59.